The molecule has 3 heterocycles. The molecule has 0 bridgehead atoms. The second-order valence-electron chi connectivity index (χ2n) is 6.29. The maximum atomic E-state index is 12.0. The van der Waals surface area contributed by atoms with E-state index in [1.165, 1.54) is 25.7 Å². The van der Waals surface area contributed by atoms with E-state index in [2.05, 4.69) is 32.7 Å². The van der Waals surface area contributed by atoms with E-state index in [-0.39, 0.29) is 11.9 Å². The van der Waals surface area contributed by atoms with Gasteiger partial charge in [0.1, 0.15) is 5.82 Å². The summed E-state index contributed by atoms with van der Waals surface area (Å²) >= 11 is 0. The molecule has 2 N–H and O–H groups in total. The largest absolute Gasteiger partial charge is 0.357 e. The molecular formula is C17H26N4O. The van der Waals surface area contributed by atoms with Gasteiger partial charge in [-0.05, 0) is 43.9 Å². The number of hydrogen-bond donors (Lipinski definition) is 2. The van der Waals surface area contributed by atoms with E-state index >= 15 is 0 Å². The molecule has 1 unspecified atom stereocenters. The SMILES string of the molecule is O=C(NCc1ccc(N2CCCCCC2)nc1)C1CCCN1. The number of pyridine rings is 1. The van der Waals surface area contributed by atoms with E-state index in [1.54, 1.807) is 0 Å². The van der Waals surface area contributed by atoms with Crippen LogP contribution in [0.15, 0.2) is 18.3 Å². The van der Waals surface area contributed by atoms with Crippen LogP contribution in [0.1, 0.15) is 44.1 Å². The van der Waals surface area contributed by atoms with Crippen LogP contribution in [0.25, 0.3) is 0 Å². The molecule has 2 aliphatic rings. The van der Waals surface area contributed by atoms with Gasteiger partial charge in [0, 0.05) is 25.8 Å². The fourth-order valence-electron chi connectivity index (χ4n) is 3.23. The number of nitrogens with one attached hydrogen (secondary N) is 2. The first-order valence-electron chi connectivity index (χ1n) is 8.54. The van der Waals surface area contributed by atoms with Gasteiger partial charge in [0.2, 0.25) is 5.91 Å². The van der Waals surface area contributed by atoms with Crippen molar-refractivity contribution in [2.75, 3.05) is 24.5 Å². The third-order valence-electron chi connectivity index (χ3n) is 4.58. The van der Waals surface area contributed by atoms with E-state index in [9.17, 15) is 4.79 Å². The smallest absolute Gasteiger partial charge is 0.237 e. The number of amides is 1. The highest BCUT2D eigenvalue weighted by atomic mass is 16.2. The van der Waals surface area contributed by atoms with E-state index in [4.69, 9.17) is 0 Å². The predicted octanol–water partition coefficient (Wildman–Crippen LogP) is 1.83. The Bertz CT molecular complexity index is 474. The van der Waals surface area contributed by atoms with Gasteiger partial charge >= 0.3 is 0 Å². The number of hydrogen-bond acceptors (Lipinski definition) is 4. The first-order valence-corrected chi connectivity index (χ1v) is 8.54. The van der Waals surface area contributed by atoms with Crippen LogP contribution in [-0.2, 0) is 11.3 Å². The van der Waals surface area contributed by atoms with Crippen molar-refractivity contribution in [3.05, 3.63) is 23.9 Å². The van der Waals surface area contributed by atoms with E-state index in [0.717, 1.165) is 43.9 Å². The molecule has 3 rings (SSSR count). The summed E-state index contributed by atoms with van der Waals surface area (Å²) in [5.74, 6) is 1.17. The molecule has 120 valence electrons. The van der Waals surface area contributed by atoms with Crippen LogP contribution in [0.5, 0.6) is 0 Å². The number of aromatic nitrogens is 1. The topological polar surface area (TPSA) is 57.3 Å². The first-order chi connectivity index (χ1) is 10.8. The summed E-state index contributed by atoms with van der Waals surface area (Å²) < 4.78 is 0. The Morgan fingerprint density at radius 1 is 1.23 bits per heavy atom. The van der Waals surface area contributed by atoms with Crippen molar-refractivity contribution in [3.8, 4) is 0 Å². The minimum absolute atomic E-state index is 0.00988. The molecule has 0 saturated carbocycles. The normalized spacial score (nSPS) is 22.4. The average Bonchev–Trinajstić information content (AvgIpc) is 2.96. The van der Waals surface area contributed by atoms with Gasteiger partial charge in [-0.25, -0.2) is 4.98 Å². The quantitative estimate of drug-likeness (QED) is 0.891. The lowest BCUT2D eigenvalue weighted by atomic mass is 10.2. The molecule has 1 atom stereocenters. The fourth-order valence-corrected chi connectivity index (χ4v) is 3.23. The molecule has 2 fully saturated rings. The Hall–Kier alpha value is -1.62. The molecule has 5 nitrogen and oxygen atoms in total. The summed E-state index contributed by atoms with van der Waals surface area (Å²) in [4.78, 5) is 18.9. The summed E-state index contributed by atoms with van der Waals surface area (Å²) in [6.45, 7) is 3.72. The first kappa shape index (κ1) is 15.3. The van der Waals surface area contributed by atoms with Crippen LogP contribution in [0.3, 0.4) is 0 Å². The van der Waals surface area contributed by atoms with Gasteiger partial charge < -0.3 is 15.5 Å². The maximum absolute atomic E-state index is 12.0. The molecule has 1 aromatic rings. The average molecular weight is 302 g/mol. The van der Waals surface area contributed by atoms with Crippen LogP contribution in [0.4, 0.5) is 5.82 Å². The molecule has 1 aromatic heterocycles. The van der Waals surface area contributed by atoms with Gasteiger partial charge in [0.25, 0.3) is 0 Å². The Labute approximate surface area is 132 Å². The zero-order valence-electron chi connectivity index (χ0n) is 13.2. The molecular weight excluding hydrogens is 276 g/mol. The number of rotatable bonds is 4. The Morgan fingerprint density at radius 3 is 2.68 bits per heavy atom. The molecule has 5 heteroatoms. The summed E-state index contributed by atoms with van der Waals surface area (Å²) in [5, 5.41) is 6.21. The zero-order valence-corrected chi connectivity index (χ0v) is 13.2. The Morgan fingerprint density at radius 2 is 2.05 bits per heavy atom. The second kappa shape index (κ2) is 7.58. The third-order valence-corrected chi connectivity index (χ3v) is 4.58. The van der Waals surface area contributed by atoms with Crippen LogP contribution in [0.2, 0.25) is 0 Å². The number of carbonyl (C=O) groups excluding carboxylic acids is 1. The standard InChI is InChI=1S/C17H26N4O/c22-17(15-6-5-9-18-15)20-13-14-7-8-16(19-12-14)21-10-3-1-2-4-11-21/h7-8,12,15,18H,1-6,9-11,13H2,(H,20,22). The van der Waals surface area contributed by atoms with E-state index in [1.807, 2.05) is 6.20 Å². The molecule has 2 saturated heterocycles. The lowest BCUT2D eigenvalue weighted by Crippen LogP contribution is -2.40. The van der Waals surface area contributed by atoms with Gasteiger partial charge in [-0.1, -0.05) is 18.9 Å². The summed E-state index contributed by atoms with van der Waals surface area (Å²) in [5.41, 5.74) is 1.06. The third kappa shape index (κ3) is 3.97. The van der Waals surface area contributed by atoms with E-state index in [0.29, 0.717) is 6.54 Å². The highest BCUT2D eigenvalue weighted by molar-refractivity contribution is 5.81. The van der Waals surface area contributed by atoms with Crippen LogP contribution in [-0.4, -0.2) is 36.6 Å². The predicted molar refractivity (Wildman–Crippen MR) is 87.8 cm³/mol. The van der Waals surface area contributed by atoms with Gasteiger partial charge in [0.05, 0.1) is 6.04 Å². The highest BCUT2D eigenvalue weighted by Gasteiger charge is 2.21. The monoisotopic (exact) mass is 302 g/mol. The number of anilines is 1. The van der Waals surface area contributed by atoms with Crippen LogP contribution >= 0.6 is 0 Å². The highest BCUT2D eigenvalue weighted by Crippen LogP contribution is 2.17. The molecule has 2 aliphatic heterocycles. The van der Waals surface area contributed by atoms with Crippen LogP contribution < -0.4 is 15.5 Å². The summed E-state index contributed by atoms with van der Waals surface area (Å²) in [6.07, 6.45) is 9.10. The fraction of sp³-hybridized carbons (Fsp3) is 0.647. The molecule has 0 aromatic carbocycles. The minimum atomic E-state index is -0.00988. The van der Waals surface area contributed by atoms with Gasteiger partial charge in [-0.3, -0.25) is 4.79 Å². The second-order valence-corrected chi connectivity index (χ2v) is 6.29. The van der Waals surface area contributed by atoms with Gasteiger partial charge in [-0.15, -0.1) is 0 Å². The molecule has 1 amide bonds. The summed E-state index contributed by atoms with van der Waals surface area (Å²) in [7, 11) is 0. The lowest BCUT2D eigenvalue weighted by molar-refractivity contribution is -0.122. The van der Waals surface area contributed by atoms with Crippen molar-refractivity contribution in [1.82, 2.24) is 15.6 Å². The van der Waals surface area contributed by atoms with Gasteiger partial charge in [0.15, 0.2) is 0 Å². The molecule has 22 heavy (non-hydrogen) atoms. The maximum Gasteiger partial charge on any atom is 0.237 e. The van der Waals surface area contributed by atoms with Crippen molar-refractivity contribution in [3.63, 3.8) is 0 Å². The van der Waals surface area contributed by atoms with Gasteiger partial charge in [-0.2, -0.15) is 0 Å². The van der Waals surface area contributed by atoms with Crippen molar-refractivity contribution in [2.45, 2.75) is 51.1 Å². The van der Waals surface area contributed by atoms with E-state index < -0.39 is 0 Å². The van der Waals surface area contributed by atoms with Crippen molar-refractivity contribution < 1.29 is 4.79 Å². The van der Waals surface area contributed by atoms with Crippen LogP contribution in [0, 0.1) is 0 Å². The van der Waals surface area contributed by atoms with Crippen molar-refractivity contribution in [2.24, 2.45) is 0 Å². The van der Waals surface area contributed by atoms with Crippen molar-refractivity contribution in [1.29, 1.82) is 0 Å². The molecule has 0 spiro atoms. The lowest BCUT2D eigenvalue weighted by Gasteiger charge is -2.21. The molecule has 0 aliphatic carbocycles. The van der Waals surface area contributed by atoms with Crippen molar-refractivity contribution >= 4 is 11.7 Å². The Kier molecular flexibility index (Phi) is 5.27. The number of nitrogens with zero attached hydrogens (tertiary/aromatic N) is 2. The molecule has 0 radical (unpaired) electrons. The Balaban J connectivity index is 1.51. The zero-order chi connectivity index (χ0) is 15.2. The summed E-state index contributed by atoms with van der Waals surface area (Å²) in [6, 6.07) is 4.15. The minimum Gasteiger partial charge on any atom is -0.357 e. The number of carbonyl (C=O) groups is 1.